The van der Waals surface area contributed by atoms with Crippen LogP contribution in [0.4, 0.5) is 11.6 Å². The van der Waals surface area contributed by atoms with Gasteiger partial charge in [0.2, 0.25) is 0 Å². The zero-order valence-electron chi connectivity index (χ0n) is 15.6. The van der Waals surface area contributed by atoms with Crippen molar-refractivity contribution in [2.75, 3.05) is 17.5 Å². The van der Waals surface area contributed by atoms with Crippen molar-refractivity contribution >= 4 is 17.3 Å². The predicted octanol–water partition coefficient (Wildman–Crippen LogP) is 1.10. The number of nitrogens with one attached hydrogen (secondary N) is 3. The topological polar surface area (TPSA) is 100 Å². The lowest BCUT2D eigenvalue weighted by Gasteiger charge is -2.17. The summed E-state index contributed by atoms with van der Waals surface area (Å²) < 4.78 is 3.86. The highest BCUT2D eigenvalue weighted by Crippen LogP contribution is 2.28. The highest BCUT2D eigenvalue weighted by atomic mass is 15.7. The predicted molar refractivity (Wildman–Crippen MR) is 105 cm³/mol. The van der Waals surface area contributed by atoms with Gasteiger partial charge in [-0.15, -0.1) is 5.53 Å². The van der Waals surface area contributed by atoms with Gasteiger partial charge in [-0.05, 0) is 18.7 Å². The molecular weight excluding hydrogens is 356 g/mol. The SMILES string of the molecule is CNCc1cnc2ccc(CN3NNc4ncc(-c5cnn(C)c5)nc43)cn12. The van der Waals surface area contributed by atoms with Crippen molar-refractivity contribution in [2.24, 2.45) is 7.05 Å². The Hall–Kier alpha value is -3.50. The van der Waals surface area contributed by atoms with Crippen LogP contribution in [0.1, 0.15) is 11.3 Å². The number of hydrazine groups is 2. The Balaban J connectivity index is 1.45. The minimum absolute atomic E-state index is 0.623. The van der Waals surface area contributed by atoms with Gasteiger partial charge in [-0.25, -0.2) is 15.0 Å². The maximum atomic E-state index is 4.77. The highest BCUT2D eigenvalue weighted by Gasteiger charge is 2.23. The second-order valence-electron chi connectivity index (χ2n) is 6.70. The normalized spacial score (nSPS) is 13.1. The summed E-state index contributed by atoms with van der Waals surface area (Å²) in [7, 11) is 3.81. The smallest absolute Gasteiger partial charge is 0.190 e. The Labute approximate surface area is 161 Å². The zero-order valence-corrected chi connectivity index (χ0v) is 15.6. The van der Waals surface area contributed by atoms with Gasteiger partial charge < -0.3 is 9.72 Å². The van der Waals surface area contributed by atoms with Crippen molar-refractivity contribution in [3.8, 4) is 11.3 Å². The summed E-state index contributed by atoms with van der Waals surface area (Å²) in [5.41, 5.74) is 11.1. The van der Waals surface area contributed by atoms with E-state index >= 15 is 0 Å². The number of rotatable bonds is 5. The Morgan fingerprint density at radius 1 is 1.11 bits per heavy atom. The lowest BCUT2D eigenvalue weighted by Crippen LogP contribution is -2.35. The van der Waals surface area contributed by atoms with E-state index < -0.39 is 0 Å². The van der Waals surface area contributed by atoms with Gasteiger partial charge in [0.05, 0.1) is 36.5 Å². The van der Waals surface area contributed by atoms with E-state index in [1.165, 1.54) is 0 Å². The summed E-state index contributed by atoms with van der Waals surface area (Å²) in [6.07, 6.45) is 9.45. The summed E-state index contributed by atoms with van der Waals surface area (Å²) >= 11 is 0. The standard InChI is InChI=1S/C18H20N10/c1-19-6-14-7-20-16-4-3-12(9-27(14)16)10-28-18-17(24-25-28)21-8-15(23-18)13-5-22-26(2)11-13/h3-5,7-9,11,19,25H,6,10H2,1-2H3,(H,21,24). The van der Waals surface area contributed by atoms with Crippen LogP contribution in [0.3, 0.4) is 0 Å². The fraction of sp³-hybridized carbons (Fsp3) is 0.222. The number of hydrogen-bond donors (Lipinski definition) is 3. The van der Waals surface area contributed by atoms with Crippen molar-refractivity contribution in [3.63, 3.8) is 0 Å². The van der Waals surface area contributed by atoms with Crippen molar-refractivity contribution in [3.05, 3.63) is 54.4 Å². The molecule has 0 amide bonds. The van der Waals surface area contributed by atoms with Crippen LogP contribution in [0.5, 0.6) is 0 Å². The highest BCUT2D eigenvalue weighted by molar-refractivity contribution is 5.69. The van der Waals surface area contributed by atoms with E-state index in [1.54, 1.807) is 17.1 Å². The molecule has 5 rings (SSSR count). The molecule has 1 aliphatic rings. The minimum atomic E-state index is 0.623. The molecule has 0 saturated heterocycles. The number of anilines is 2. The van der Waals surface area contributed by atoms with Crippen molar-refractivity contribution < 1.29 is 0 Å². The molecule has 0 radical (unpaired) electrons. The van der Waals surface area contributed by atoms with E-state index in [4.69, 9.17) is 4.98 Å². The largest absolute Gasteiger partial charge is 0.314 e. The Kier molecular flexibility index (Phi) is 3.92. The third-order valence-electron chi connectivity index (χ3n) is 4.66. The van der Waals surface area contributed by atoms with Gasteiger partial charge in [-0.1, -0.05) is 6.07 Å². The summed E-state index contributed by atoms with van der Waals surface area (Å²) in [6, 6.07) is 4.10. The molecule has 0 fully saturated rings. The maximum absolute atomic E-state index is 4.77. The van der Waals surface area contributed by atoms with Crippen LogP contribution in [-0.2, 0) is 20.1 Å². The van der Waals surface area contributed by atoms with E-state index in [-0.39, 0.29) is 0 Å². The number of aryl methyl sites for hydroxylation is 1. The van der Waals surface area contributed by atoms with E-state index in [0.29, 0.717) is 12.4 Å². The summed E-state index contributed by atoms with van der Waals surface area (Å²) in [4.78, 5) is 13.7. The molecule has 10 heteroatoms. The van der Waals surface area contributed by atoms with Crippen LogP contribution in [-0.4, -0.2) is 36.2 Å². The molecule has 0 bridgehead atoms. The summed E-state index contributed by atoms with van der Waals surface area (Å²) in [5.74, 6) is 1.45. The van der Waals surface area contributed by atoms with Gasteiger partial charge in [0, 0.05) is 31.5 Å². The first kappa shape index (κ1) is 16.7. The molecule has 0 saturated carbocycles. The molecule has 0 atom stereocenters. The van der Waals surface area contributed by atoms with Gasteiger partial charge in [0.15, 0.2) is 11.6 Å². The van der Waals surface area contributed by atoms with Gasteiger partial charge in [-0.2, -0.15) is 5.10 Å². The van der Waals surface area contributed by atoms with Crippen molar-refractivity contribution in [1.29, 1.82) is 0 Å². The van der Waals surface area contributed by atoms with Crippen LogP contribution in [0, 0.1) is 0 Å². The maximum Gasteiger partial charge on any atom is 0.190 e. The molecule has 3 N–H and O–H groups in total. The summed E-state index contributed by atoms with van der Waals surface area (Å²) in [5, 5.41) is 9.33. The molecule has 5 heterocycles. The van der Waals surface area contributed by atoms with Gasteiger partial charge in [0.25, 0.3) is 0 Å². The number of imidazole rings is 1. The molecule has 0 spiro atoms. The van der Waals surface area contributed by atoms with Crippen molar-refractivity contribution in [2.45, 2.75) is 13.1 Å². The molecule has 0 unspecified atom stereocenters. The third kappa shape index (κ3) is 2.84. The molecule has 142 valence electrons. The number of pyridine rings is 1. The Morgan fingerprint density at radius 3 is 2.86 bits per heavy atom. The first-order valence-corrected chi connectivity index (χ1v) is 8.96. The minimum Gasteiger partial charge on any atom is -0.314 e. The van der Waals surface area contributed by atoms with Crippen LogP contribution >= 0.6 is 0 Å². The Morgan fingerprint density at radius 2 is 2.04 bits per heavy atom. The molecule has 28 heavy (non-hydrogen) atoms. The monoisotopic (exact) mass is 376 g/mol. The second kappa shape index (κ2) is 6.59. The Bertz CT molecular complexity index is 1140. The first-order chi connectivity index (χ1) is 13.7. The second-order valence-corrected chi connectivity index (χ2v) is 6.70. The third-order valence-corrected chi connectivity index (χ3v) is 4.66. The molecule has 10 nitrogen and oxygen atoms in total. The van der Waals surface area contributed by atoms with E-state index in [1.807, 2.05) is 37.6 Å². The lowest BCUT2D eigenvalue weighted by atomic mass is 10.2. The molecule has 0 aliphatic carbocycles. The van der Waals surface area contributed by atoms with Crippen LogP contribution in [0.2, 0.25) is 0 Å². The molecule has 4 aromatic rings. The number of hydrogen-bond acceptors (Lipinski definition) is 8. The van der Waals surface area contributed by atoms with Gasteiger partial charge in [-0.3, -0.25) is 15.1 Å². The van der Waals surface area contributed by atoms with E-state index in [0.717, 1.165) is 40.5 Å². The number of fused-ring (bicyclic) bond motifs is 2. The fourth-order valence-electron chi connectivity index (χ4n) is 3.30. The first-order valence-electron chi connectivity index (χ1n) is 8.96. The average Bonchev–Trinajstić information content (AvgIpc) is 3.41. The molecular formula is C18H20N10. The molecule has 4 aromatic heterocycles. The van der Waals surface area contributed by atoms with Gasteiger partial charge >= 0.3 is 0 Å². The lowest BCUT2D eigenvalue weighted by molar-refractivity contribution is 0.712. The van der Waals surface area contributed by atoms with Gasteiger partial charge in [0.1, 0.15) is 5.65 Å². The van der Waals surface area contributed by atoms with Crippen LogP contribution < -0.4 is 21.3 Å². The average molecular weight is 376 g/mol. The number of nitrogens with zero attached hydrogens (tertiary/aromatic N) is 7. The van der Waals surface area contributed by atoms with E-state index in [9.17, 15) is 0 Å². The number of aromatic nitrogens is 6. The zero-order chi connectivity index (χ0) is 19.1. The quantitative estimate of drug-likeness (QED) is 0.476. The fourth-order valence-corrected chi connectivity index (χ4v) is 3.30. The van der Waals surface area contributed by atoms with Crippen LogP contribution in [0.15, 0.2) is 43.1 Å². The van der Waals surface area contributed by atoms with E-state index in [2.05, 4.69) is 48.0 Å². The summed E-state index contributed by atoms with van der Waals surface area (Å²) in [6.45, 7) is 1.38. The van der Waals surface area contributed by atoms with Crippen LogP contribution in [0.25, 0.3) is 16.9 Å². The molecule has 0 aromatic carbocycles. The molecule has 1 aliphatic heterocycles. The van der Waals surface area contributed by atoms with Crippen molar-refractivity contribution in [1.82, 2.24) is 40.0 Å².